The molecular formula is C24H25ClN2O5. The van der Waals surface area contributed by atoms with Crippen LogP contribution >= 0.6 is 11.6 Å². The van der Waals surface area contributed by atoms with Gasteiger partial charge >= 0.3 is 6.03 Å². The molecule has 0 bridgehead atoms. The van der Waals surface area contributed by atoms with Gasteiger partial charge in [0.2, 0.25) is 0 Å². The van der Waals surface area contributed by atoms with Crippen LogP contribution in [0.2, 0.25) is 5.02 Å². The van der Waals surface area contributed by atoms with Crippen LogP contribution < -0.4 is 19.7 Å². The van der Waals surface area contributed by atoms with Crippen molar-refractivity contribution in [2.24, 2.45) is 0 Å². The SMILES string of the molecule is CCOc1cc(/C=C2\C(=O)NC(=O)N(c3ccc(C)c(C)c3)C2=O)cc(Cl)c1OC(C)C. The lowest BCUT2D eigenvalue weighted by Crippen LogP contribution is -2.54. The van der Waals surface area contributed by atoms with Crippen molar-refractivity contribution in [3.63, 3.8) is 0 Å². The molecule has 1 N–H and O–H groups in total. The summed E-state index contributed by atoms with van der Waals surface area (Å²) in [5.41, 5.74) is 2.58. The highest BCUT2D eigenvalue weighted by Crippen LogP contribution is 2.38. The van der Waals surface area contributed by atoms with Gasteiger partial charge in [-0.2, -0.15) is 0 Å². The molecule has 1 aliphatic rings. The molecule has 0 aliphatic carbocycles. The molecular weight excluding hydrogens is 432 g/mol. The Hall–Kier alpha value is -3.32. The highest BCUT2D eigenvalue weighted by atomic mass is 35.5. The van der Waals surface area contributed by atoms with Gasteiger partial charge < -0.3 is 9.47 Å². The smallest absolute Gasteiger partial charge is 0.335 e. The number of carbonyl (C=O) groups is 3. The average molecular weight is 457 g/mol. The second-order valence-corrected chi connectivity index (χ2v) is 8.06. The number of benzene rings is 2. The molecule has 1 heterocycles. The van der Waals surface area contributed by atoms with Crippen molar-refractivity contribution in [3.05, 3.63) is 57.6 Å². The summed E-state index contributed by atoms with van der Waals surface area (Å²) < 4.78 is 11.4. The quantitative estimate of drug-likeness (QED) is 0.498. The zero-order chi connectivity index (χ0) is 23.6. The van der Waals surface area contributed by atoms with Gasteiger partial charge in [0.15, 0.2) is 11.5 Å². The van der Waals surface area contributed by atoms with Gasteiger partial charge in [0, 0.05) is 0 Å². The largest absolute Gasteiger partial charge is 0.490 e. The van der Waals surface area contributed by atoms with Gasteiger partial charge in [0.05, 0.1) is 23.4 Å². The van der Waals surface area contributed by atoms with E-state index in [2.05, 4.69) is 5.32 Å². The lowest BCUT2D eigenvalue weighted by atomic mass is 10.0. The number of imide groups is 2. The van der Waals surface area contributed by atoms with Crippen LogP contribution in [0.1, 0.15) is 37.5 Å². The molecule has 1 aliphatic heterocycles. The van der Waals surface area contributed by atoms with Gasteiger partial charge in [0.1, 0.15) is 5.57 Å². The molecule has 3 rings (SSSR count). The minimum absolute atomic E-state index is 0.126. The van der Waals surface area contributed by atoms with Crippen molar-refractivity contribution in [1.82, 2.24) is 5.32 Å². The first-order chi connectivity index (χ1) is 15.1. The molecule has 1 fully saturated rings. The van der Waals surface area contributed by atoms with E-state index in [9.17, 15) is 14.4 Å². The summed E-state index contributed by atoms with van der Waals surface area (Å²) in [5, 5.41) is 2.50. The Balaban J connectivity index is 2.04. The maximum absolute atomic E-state index is 13.1. The number of ether oxygens (including phenoxy) is 2. The molecule has 4 amide bonds. The maximum atomic E-state index is 13.1. The van der Waals surface area contributed by atoms with E-state index in [1.807, 2.05) is 40.7 Å². The maximum Gasteiger partial charge on any atom is 0.335 e. The standard InChI is InChI=1S/C24H25ClN2O5/c1-6-31-20-12-16(11-19(25)21(20)32-13(2)3)10-18-22(28)26-24(30)27(23(18)29)17-8-7-14(4)15(5)9-17/h7-13H,6H2,1-5H3,(H,26,28,30)/b18-10+. The first-order valence-corrected chi connectivity index (χ1v) is 10.6. The predicted octanol–water partition coefficient (Wildman–Crippen LogP) is 4.81. The molecule has 0 saturated carbocycles. The van der Waals surface area contributed by atoms with Crippen molar-refractivity contribution in [1.29, 1.82) is 0 Å². The van der Waals surface area contributed by atoms with Gasteiger partial charge in [-0.3, -0.25) is 14.9 Å². The minimum Gasteiger partial charge on any atom is -0.490 e. The fraction of sp³-hybridized carbons (Fsp3) is 0.292. The van der Waals surface area contributed by atoms with E-state index < -0.39 is 17.8 Å². The van der Waals surface area contributed by atoms with Gasteiger partial charge in [0.25, 0.3) is 11.8 Å². The lowest BCUT2D eigenvalue weighted by Gasteiger charge is -2.27. The number of urea groups is 1. The second-order valence-electron chi connectivity index (χ2n) is 7.66. The van der Waals surface area contributed by atoms with E-state index in [-0.39, 0.29) is 16.7 Å². The molecule has 0 radical (unpaired) electrons. The molecule has 8 heteroatoms. The Kier molecular flexibility index (Phi) is 6.89. The Bertz CT molecular complexity index is 1120. The number of nitrogens with zero attached hydrogens (tertiary/aromatic N) is 1. The number of carbonyl (C=O) groups excluding carboxylic acids is 3. The molecule has 1 saturated heterocycles. The number of rotatable bonds is 6. The molecule has 0 atom stereocenters. The molecule has 168 valence electrons. The number of aryl methyl sites for hydroxylation is 2. The van der Waals surface area contributed by atoms with Crippen molar-refractivity contribution < 1.29 is 23.9 Å². The summed E-state index contributed by atoms with van der Waals surface area (Å²) in [4.78, 5) is 39.0. The zero-order valence-electron chi connectivity index (χ0n) is 18.6. The average Bonchev–Trinajstić information content (AvgIpc) is 2.70. The van der Waals surface area contributed by atoms with E-state index in [1.54, 1.807) is 24.3 Å². The zero-order valence-corrected chi connectivity index (χ0v) is 19.4. The Morgan fingerprint density at radius 3 is 2.44 bits per heavy atom. The number of anilines is 1. The number of hydrogen-bond donors (Lipinski definition) is 1. The van der Waals surface area contributed by atoms with Gasteiger partial charge in [-0.05, 0) is 81.7 Å². The fourth-order valence-corrected chi connectivity index (χ4v) is 3.47. The summed E-state index contributed by atoms with van der Waals surface area (Å²) in [6.07, 6.45) is 1.25. The minimum atomic E-state index is -0.797. The lowest BCUT2D eigenvalue weighted by molar-refractivity contribution is -0.122. The summed E-state index contributed by atoms with van der Waals surface area (Å²) >= 11 is 6.40. The van der Waals surface area contributed by atoms with Crippen molar-refractivity contribution in [3.8, 4) is 11.5 Å². The van der Waals surface area contributed by atoms with Gasteiger partial charge in [-0.1, -0.05) is 17.7 Å². The molecule has 0 unspecified atom stereocenters. The van der Waals surface area contributed by atoms with Crippen molar-refractivity contribution in [2.45, 2.75) is 40.7 Å². The van der Waals surface area contributed by atoms with Crippen molar-refractivity contribution in [2.75, 3.05) is 11.5 Å². The van der Waals surface area contributed by atoms with E-state index in [1.165, 1.54) is 6.08 Å². The normalized spacial score (nSPS) is 15.4. The highest BCUT2D eigenvalue weighted by molar-refractivity contribution is 6.39. The monoisotopic (exact) mass is 456 g/mol. The summed E-state index contributed by atoms with van der Waals surface area (Å²) in [5.74, 6) is -0.724. The van der Waals surface area contributed by atoms with Gasteiger partial charge in [-0.25, -0.2) is 9.69 Å². The number of nitrogens with one attached hydrogen (secondary N) is 1. The van der Waals surface area contributed by atoms with E-state index >= 15 is 0 Å². The molecule has 2 aromatic rings. The first-order valence-electron chi connectivity index (χ1n) is 10.2. The summed E-state index contributed by atoms with van der Waals surface area (Å²) in [7, 11) is 0. The third-order valence-corrected chi connectivity index (χ3v) is 5.13. The number of barbiturate groups is 1. The summed E-state index contributed by atoms with van der Waals surface area (Å²) in [6, 6.07) is 7.61. The molecule has 0 aromatic heterocycles. The number of amides is 4. The van der Waals surface area contributed by atoms with Crippen molar-refractivity contribution >= 4 is 41.2 Å². The van der Waals surface area contributed by atoms with Crippen LogP contribution in [0, 0.1) is 13.8 Å². The van der Waals surface area contributed by atoms with E-state index in [4.69, 9.17) is 21.1 Å². The third kappa shape index (κ3) is 4.78. The van der Waals surface area contributed by atoms with Crippen LogP contribution in [-0.4, -0.2) is 30.6 Å². The van der Waals surface area contributed by atoms with Gasteiger partial charge in [-0.15, -0.1) is 0 Å². The number of hydrogen-bond acceptors (Lipinski definition) is 5. The molecule has 32 heavy (non-hydrogen) atoms. The Morgan fingerprint density at radius 2 is 1.81 bits per heavy atom. The van der Waals surface area contributed by atoms with E-state index in [0.717, 1.165) is 16.0 Å². The van der Waals surface area contributed by atoms with E-state index in [0.29, 0.717) is 29.4 Å². The molecule has 7 nitrogen and oxygen atoms in total. The van der Waals surface area contributed by atoms with Crippen LogP contribution in [0.25, 0.3) is 6.08 Å². The summed E-state index contributed by atoms with van der Waals surface area (Å²) in [6.45, 7) is 9.74. The third-order valence-electron chi connectivity index (χ3n) is 4.85. The Morgan fingerprint density at radius 1 is 1.09 bits per heavy atom. The molecule has 0 spiro atoms. The Labute approximate surface area is 191 Å². The highest BCUT2D eigenvalue weighted by Gasteiger charge is 2.37. The fourth-order valence-electron chi connectivity index (χ4n) is 3.21. The topological polar surface area (TPSA) is 84.9 Å². The molecule has 2 aromatic carbocycles. The van der Waals surface area contributed by atoms with Crippen LogP contribution in [0.4, 0.5) is 10.5 Å². The van der Waals surface area contributed by atoms with Crippen LogP contribution in [-0.2, 0) is 9.59 Å². The second kappa shape index (κ2) is 9.44. The number of halogens is 1. The first kappa shape index (κ1) is 23.3. The van der Waals surface area contributed by atoms with Crippen LogP contribution in [0.3, 0.4) is 0 Å². The van der Waals surface area contributed by atoms with Crippen LogP contribution in [0.5, 0.6) is 11.5 Å². The van der Waals surface area contributed by atoms with Crippen LogP contribution in [0.15, 0.2) is 35.9 Å². The predicted molar refractivity (Wildman–Crippen MR) is 123 cm³/mol.